The van der Waals surface area contributed by atoms with E-state index in [-0.39, 0.29) is 24.6 Å². The van der Waals surface area contributed by atoms with Gasteiger partial charge in [0.1, 0.15) is 0 Å². The van der Waals surface area contributed by atoms with Crippen molar-refractivity contribution < 1.29 is 14.7 Å². The molecule has 25 heavy (non-hydrogen) atoms. The molecule has 1 saturated heterocycles. The van der Waals surface area contributed by atoms with E-state index in [1.54, 1.807) is 41.2 Å². The Morgan fingerprint density at radius 1 is 1.28 bits per heavy atom. The van der Waals surface area contributed by atoms with Crippen molar-refractivity contribution in [2.24, 2.45) is 0 Å². The molecule has 1 unspecified atom stereocenters. The van der Waals surface area contributed by atoms with Crippen molar-refractivity contribution in [3.05, 3.63) is 29.1 Å². The molecule has 1 aromatic rings. The molecular formula is C18H26N4O3. The summed E-state index contributed by atoms with van der Waals surface area (Å²) in [6, 6.07) is -0.133. The number of amides is 3. The average Bonchev–Trinajstić information content (AvgIpc) is 2.65. The summed E-state index contributed by atoms with van der Waals surface area (Å²) in [5.74, 6) is -0.0458. The zero-order chi connectivity index (χ0) is 18.0. The number of carbonyl (C=O) groups is 2. The van der Waals surface area contributed by atoms with E-state index in [0.717, 1.165) is 30.4 Å². The van der Waals surface area contributed by atoms with Gasteiger partial charge in [-0.15, -0.1) is 0 Å². The number of aliphatic hydroxyl groups excluding tert-OH is 1. The standard InChI is InChI=1S/C18H26N4O3/c1-20(2)18(25)21-8-6-15-13(11-21)9-19-10-16(15)17(24)22-7-4-3-5-14(22)12-23/h9-10,14,23H,3-8,11-12H2,1-2H3. The Bertz CT molecular complexity index is 662. The molecule has 2 aliphatic heterocycles. The summed E-state index contributed by atoms with van der Waals surface area (Å²) in [6.07, 6.45) is 6.89. The normalized spacial score (nSPS) is 20.2. The van der Waals surface area contributed by atoms with E-state index >= 15 is 0 Å². The molecule has 0 saturated carbocycles. The quantitative estimate of drug-likeness (QED) is 0.870. The first-order valence-corrected chi connectivity index (χ1v) is 8.86. The second kappa shape index (κ2) is 7.39. The predicted molar refractivity (Wildman–Crippen MR) is 93.2 cm³/mol. The maximum Gasteiger partial charge on any atom is 0.319 e. The summed E-state index contributed by atoms with van der Waals surface area (Å²) < 4.78 is 0. The highest BCUT2D eigenvalue weighted by Crippen LogP contribution is 2.26. The van der Waals surface area contributed by atoms with Crippen molar-refractivity contribution in [1.29, 1.82) is 0 Å². The zero-order valence-electron chi connectivity index (χ0n) is 14.9. The average molecular weight is 346 g/mol. The first kappa shape index (κ1) is 17.7. The van der Waals surface area contributed by atoms with Gasteiger partial charge in [0.15, 0.2) is 0 Å². The molecule has 0 aromatic carbocycles. The predicted octanol–water partition coefficient (Wildman–Crippen LogP) is 1.11. The van der Waals surface area contributed by atoms with Gasteiger partial charge < -0.3 is 19.8 Å². The third-order valence-corrected chi connectivity index (χ3v) is 5.12. The Morgan fingerprint density at radius 2 is 2.08 bits per heavy atom. The summed E-state index contributed by atoms with van der Waals surface area (Å²) in [5.41, 5.74) is 2.55. The van der Waals surface area contributed by atoms with Gasteiger partial charge in [-0.3, -0.25) is 9.78 Å². The Morgan fingerprint density at radius 3 is 2.80 bits per heavy atom. The molecule has 3 rings (SSSR count). The lowest BCUT2D eigenvalue weighted by atomic mass is 9.95. The molecule has 1 fully saturated rings. The van der Waals surface area contributed by atoms with E-state index in [1.165, 1.54) is 0 Å². The van der Waals surface area contributed by atoms with Crippen LogP contribution in [0, 0.1) is 0 Å². The lowest BCUT2D eigenvalue weighted by Crippen LogP contribution is -2.46. The number of urea groups is 1. The maximum absolute atomic E-state index is 13.1. The van der Waals surface area contributed by atoms with Gasteiger partial charge in [0.05, 0.1) is 18.2 Å². The second-order valence-electron chi connectivity index (χ2n) is 7.00. The van der Waals surface area contributed by atoms with Crippen LogP contribution < -0.4 is 0 Å². The number of likely N-dealkylation sites (tertiary alicyclic amines) is 1. The molecular weight excluding hydrogens is 320 g/mol. The number of piperidine rings is 1. The van der Waals surface area contributed by atoms with Crippen LogP contribution in [0.2, 0.25) is 0 Å². The summed E-state index contributed by atoms with van der Waals surface area (Å²) in [5, 5.41) is 9.59. The van der Waals surface area contributed by atoms with Crippen LogP contribution in [-0.4, -0.2) is 76.6 Å². The Kier molecular flexibility index (Phi) is 5.22. The molecule has 0 spiro atoms. The lowest BCUT2D eigenvalue weighted by Gasteiger charge is -2.36. The van der Waals surface area contributed by atoms with Gasteiger partial charge in [-0.2, -0.15) is 0 Å². The number of nitrogens with zero attached hydrogens (tertiary/aromatic N) is 4. The highest BCUT2D eigenvalue weighted by atomic mass is 16.3. The van der Waals surface area contributed by atoms with E-state index in [4.69, 9.17) is 0 Å². The van der Waals surface area contributed by atoms with Crippen LogP contribution in [0.5, 0.6) is 0 Å². The van der Waals surface area contributed by atoms with Crippen molar-refractivity contribution in [3.8, 4) is 0 Å². The molecule has 2 aliphatic rings. The molecule has 1 atom stereocenters. The van der Waals surface area contributed by atoms with Gasteiger partial charge in [-0.05, 0) is 36.8 Å². The highest BCUT2D eigenvalue weighted by Gasteiger charge is 2.31. The van der Waals surface area contributed by atoms with E-state index in [1.807, 2.05) is 0 Å². The second-order valence-corrected chi connectivity index (χ2v) is 7.00. The number of aliphatic hydroxyl groups is 1. The Hall–Kier alpha value is -2.15. The van der Waals surface area contributed by atoms with Crippen LogP contribution >= 0.6 is 0 Å². The monoisotopic (exact) mass is 346 g/mol. The zero-order valence-corrected chi connectivity index (χ0v) is 14.9. The van der Waals surface area contributed by atoms with Crippen LogP contribution in [0.3, 0.4) is 0 Å². The molecule has 7 nitrogen and oxygen atoms in total. The van der Waals surface area contributed by atoms with Crippen molar-refractivity contribution in [2.45, 2.75) is 38.3 Å². The van der Waals surface area contributed by atoms with Crippen molar-refractivity contribution in [2.75, 3.05) is 33.8 Å². The van der Waals surface area contributed by atoms with E-state index in [0.29, 0.717) is 31.6 Å². The fraction of sp³-hybridized carbons (Fsp3) is 0.611. The van der Waals surface area contributed by atoms with Gasteiger partial charge in [0.2, 0.25) is 0 Å². The van der Waals surface area contributed by atoms with Gasteiger partial charge in [0, 0.05) is 46.1 Å². The number of fused-ring (bicyclic) bond motifs is 1. The van der Waals surface area contributed by atoms with Crippen molar-refractivity contribution >= 4 is 11.9 Å². The topological polar surface area (TPSA) is 77.0 Å². The summed E-state index contributed by atoms with van der Waals surface area (Å²) >= 11 is 0. The largest absolute Gasteiger partial charge is 0.394 e. The van der Waals surface area contributed by atoms with E-state index in [9.17, 15) is 14.7 Å². The molecule has 3 heterocycles. The minimum absolute atomic E-state index is 0.000688. The van der Waals surface area contributed by atoms with Crippen LogP contribution in [0.25, 0.3) is 0 Å². The fourth-order valence-electron chi connectivity index (χ4n) is 3.74. The van der Waals surface area contributed by atoms with Gasteiger partial charge in [0.25, 0.3) is 5.91 Å². The summed E-state index contributed by atoms with van der Waals surface area (Å²) in [6.45, 7) is 1.75. The number of hydrogen-bond acceptors (Lipinski definition) is 4. The smallest absolute Gasteiger partial charge is 0.319 e. The Balaban J connectivity index is 1.84. The number of rotatable bonds is 2. The number of aromatic nitrogens is 1. The van der Waals surface area contributed by atoms with Crippen LogP contribution in [0.15, 0.2) is 12.4 Å². The Labute approximate surface area is 148 Å². The third-order valence-electron chi connectivity index (χ3n) is 5.12. The van der Waals surface area contributed by atoms with Gasteiger partial charge in [-0.25, -0.2) is 4.79 Å². The molecule has 3 amide bonds. The summed E-state index contributed by atoms with van der Waals surface area (Å²) in [4.78, 5) is 34.6. The number of pyridine rings is 1. The van der Waals surface area contributed by atoms with Crippen LogP contribution in [-0.2, 0) is 13.0 Å². The molecule has 0 bridgehead atoms. The van der Waals surface area contributed by atoms with Gasteiger partial charge >= 0.3 is 6.03 Å². The highest BCUT2D eigenvalue weighted by molar-refractivity contribution is 5.96. The fourth-order valence-corrected chi connectivity index (χ4v) is 3.74. The number of hydrogen-bond donors (Lipinski definition) is 1. The molecule has 7 heteroatoms. The van der Waals surface area contributed by atoms with Crippen LogP contribution in [0.1, 0.15) is 40.7 Å². The number of carbonyl (C=O) groups excluding carboxylic acids is 2. The molecule has 0 aliphatic carbocycles. The third kappa shape index (κ3) is 3.46. The first-order chi connectivity index (χ1) is 12.0. The minimum Gasteiger partial charge on any atom is -0.394 e. The minimum atomic E-state index is -0.104. The lowest BCUT2D eigenvalue weighted by molar-refractivity contribution is 0.0501. The van der Waals surface area contributed by atoms with Crippen LogP contribution in [0.4, 0.5) is 4.79 Å². The molecule has 1 aromatic heterocycles. The van der Waals surface area contributed by atoms with Crippen molar-refractivity contribution in [1.82, 2.24) is 19.7 Å². The summed E-state index contributed by atoms with van der Waals surface area (Å²) in [7, 11) is 3.48. The molecule has 0 radical (unpaired) electrons. The molecule has 136 valence electrons. The maximum atomic E-state index is 13.1. The first-order valence-electron chi connectivity index (χ1n) is 8.86. The van der Waals surface area contributed by atoms with E-state index < -0.39 is 0 Å². The van der Waals surface area contributed by atoms with E-state index in [2.05, 4.69) is 4.98 Å². The SMILES string of the molecule is CN(C)C(=O)N1CCc2c(cncc2C(=O)N2CCCCC2CO)C1. The molecule has 1 N–H and O–H groups in total. The van der Waals surface area contributed by atoms with Gasteiger partial charge in [-0.1, -0.05) is 0 Å². The van der Waals surface area contributed by atoms with Crippen molar-refractivity contribution in [3.63, 3.8) is 0 Å².